The summed E-state index contributed by atoms with van der Waals surface area (Å²) in [5.41, 5.74) is -3.19. The Balaban J connectivity index is 2.49. The number of alkyl halides is 6. The average molecular weight is 354 g/mol. The van der Waals surface area contributed by atoms with Crippen LogP contribution in [0.3, 0.4) is 0 Å². The molecule has 3 nitrogen and oxygen atoms in total. The molecule has 2 aromatic rings. The van der Waals surface area contributed by atoms with Crippen molar-refractivity contribution in [3.05, 3.63) is 45.7 Å². The SMILES string of the molecule is C#Cc1nnn(Cc2cc(C(F)(F)F)cc(C(F)(F)F)c2)c1Cl. The first-order chi connectivity index (χ1) is 10.5. The highest BCUT2D eigenvalue weighted by molar-refractivity contribution is 6.30. The largest absolute Gasteiger partial charge is 0.416 e. The molecular weight excluding hydrogens is 348 g/mol. The van der Waals surface area contributed by atoms with Gasteiger partial charge in [-0.1, -0.05) is 16.8 Å². The Hall–Kier alpha value is -2.21. The summed E-state index contributed by atoms with van der Waals surface area (Å²) >= 11 is 5.78. The molecule has 1 heterocycles. The molecule has 0 atom stereocenters. The molecule has 2 rings (SSSR count). The molecule has 1 aromatic carbocycles. The second kappa shape index (κ2) is 5.77. The number of halogens is 7. The lowest BCUT2D eigenvalue weighted by Gasteiger charge is -2.14. The summed E-state index contributed by atoms with van der Waals surface area (Å²) in [7, 11) is 0. The molecule has 0 fully saturated rings. The lowest BCUT2D eigenvalue weighted by Crippen LogP contribution is -2.13. The van der Waals surface area contributed by atoms with Crippen LogP contribution in [0.2, 0.25) is 5.15 Å². The van der Waals surface area contributed by atoms with Crippen LogP contribution in [-0.4, -0.2) is 15.0 Å². The van der Waals surface area contributed by atoms with E-state index in [-0.39, 0.29) is 22.5 Å². The normalized spacial score (nSPS) is 12.3. The van der Waals surface area contributed by atoms with Gasteiger partial charge in [-0.3, -0.25) is 0 Å². The Labute approximate surface area is 130 Å². The summed E-state index contributed by atoms with van der Waals surface area (Å²) in [6, 6.07) is 1.21. The summed E-state index contributed by atoms with van der Waals surface area (Å²) in [6.45, 7) is -0.444. The van der Waals surface area contributed by atoms with Crippen molar-refractivity contribution in [2.45, 2.75) is 18.9 Å². The highest BCUT2D eigenvalue weighted by Gasteiger charge is 2.36. The summed E-state index contributed by atoms with van der Waals surface area (Å²) in [4.78, 5) is 0. The smallest absolute Gasteiger partial charge is 0.228 e. The maximum absolute atomic E-state index is 12.8. The fourth-order valence-corrected chi connectivity index (χ4v) is 1.96. The van der Waals surface area contributed by atoms with Crippen LogP contribution in [0.1, 0.15) is 22.4 Å². The maximum Gasteiger partial charge on any atom is 0.416 e. The van der Waals surface area contributed by atoms with Gasteiger partial charge in [0.25, 0.3) is 0 Å². The fourth-order valence-electron chi connectivity index (χ4n) is 1.77. The molecule has 0 unspecified atom stereocenters. The Bertz CT molecular complexity index is 737. The van der Waals surface area contributed by atoms with Gasteiger partial charge in [0.15, 0.2) is 10.8 Å². The first-order valence-electron chi connectivity index (χ1n) is 5.86. The van der Waals surface area contributed by atoms with Gasteiger partial charge in [-0.15, -0.1) is 11.5 Å². The molecule has 1 aromatic heterocycles. The molecule has 0 radical (unpaired) electrons. The van der Waals surface area contributed by atoms with E-state index in [9.17, 15) is 26.3 Å². The lowest BCUT2D eigenvalue weighted by atomic mass is 10.0. The van der Waals surface area contributed by atoms with E-state index in [4.69, 9.17) is 18.0 Å². The van der Waals surface area contributed by atoms with Crippen molar-refractivity contribution in [1.82, 2.24) is 15.0 Å². The van der Waals surface area contributed by atoms with E-state index in [0.717, 1.165) is 4.68 Å². The fraction of sp³-hybridized carbons (Fsp3) is 0.231. The van der Waals surface area contributed by atoms with Gasteiger partial charge in [0.2, 0.25) is 0 Å². The van der Waals surface area contributed by atoms with Gasteiger partial charge in [0, 0.05) is 0 Å². The van der Waals surface area contributed by atoms with Gasteiger partial charge in [-0.25, -0.2) is 4.68 Å². The van der Waals surface area contributed by atoms with Crippen molar-refractivity contribution in [3.8, 4) is 12.3 Å². The molecule has 0 aliphatic rings. The van der Waals surface area contributed by atoms with Gasteiger partial charge in [-0.05, 0) is 29.7 Å². The highest BCUT2D eigenvalue weighted by atomic mass is 35.5. The Kier molecular flexibility index (Phi) is 4.30. The zero-order valence-electron chi connectivity index (χ0n) is 11.0. The van der Waals surface area contributed by atoms with Crippen molar-refractivity contribution < 1.29 is 26.3 Å². The van der Waals surface area contributed by atoms with Crippen LogP contribution in [0.4, 0.5) is 26.3 Å². The number of rotatable bonds is 2. The van der Waals surface area contributed by atoms with Crippen LogP contribution in [0, 0.1) is 12.3 Å². The van der Waals surface area contributed by atoms with E-state index >= 15 is 0 Å². The second-order valence-electron chi connectivity index (χ2n) is 4.44. The van der Waals surface area contributed by atoms with Crippen molar-refractivity contribution in [2.24, 2.45) is 0 Å². The van der Waals surface area contributed by atoms with E-state index in [1.54, 1.807) is 0 Å². The van der Waals surface area contributed by atoms with Gasteiger partial charge < -0.3 is 0 Å². The number of hydrogen-bond donors (Lipinski definition) is 0. The number of nitrogens with zero attached hydrogens (tertiary/aromatic N) is 3. The lowest BCUT2D eigenvalue weighted by molar-refractivity contribution is -0.143. The molecular formula is C13H6ClF6N3. The number of hydrogen-bond acceptors (Lipinski definition) is 2. The molecule has 0 N–H and O–H groups in total. The molecule has 0 aliphatic carbocycles. The van der Waals surface area contributed by atoms with Gasteiger partial charge >= 0.3 is 12.4 Å². The molecule has 23 heavy (non-hydrogen) atoms. The number of aromatic nitrogens is 3. The monoisotopic (exact) mass is 353 g/mol. The predicted octanol–water partition coefficient (Wildman–Crippen LogP) is 4.00. The molecule has 0 bridgehead atoms. The van der Waals surface area contributed by atoms with Crippen molar-refractivity contribution >= 4 is 11.6 Å². The van der Waals surface area contributed by atoms with Gasteiger partial charge in [-0.2, -0.15) is 26.3 Å². The second-order valence-corrected chi connectivity index (χ2v) is 4.80. The third-order valence-corrected chi connectivity index (χ3v) is 3.17. The van der Waals surface area contributed by atoms with Crippen molar-refractivity contribution in [2.75, 3.05) is 0 Å². The molecule has 122 valence electrons. The minimum atomic E-state index is -4.92. The summed E-state index contributed by atoms with van der Waals surface area (Å²) in [6.07, 6.45) is -4.78. The minimum absolute atomic E-state index is 0.0410. The zero-order chi connectivity index (χ0) is 17.4. The van der Waals surface area contributed by atoms with E-state index in [0.29, 0.717) is 12.1 Å². The van der Waals surface area contributed by atoms with E-state index in [2.05, 4.69) is 16.2 Å². The first-order valence-corrected chi connectivity index (χ1v) is 6.24. The average Bonchev–Trinajstić information content (AvgIpc) is 2.77. The van der Waals surface area contributed by atoms with Crippen LogP contribution >= 0.6 is 11.6 Å². The number of benzene rings is 1. The highest BCUT2D eigenvalue weighted by Crippen LogP contribution is 2.36. The molecule has 0 spiro atoms. The quantitative estimate of drug-likeness (QED) is 0.603. The van der Waals surface area contributed by atoms with Crippen LogP contribution in [0.15, 0.2) is 18.2 Å². The summed E-state index contributed by atoms with van der Waals surface area (Å²) in [5.74, 6) is 2.09. The van der Waals surface area contributed by atoms with E-state index < -0.39 is 30.0 Å². The van der Waals surface area contributed by atoms with Gasteiger partial charge in [0.05, 0.1) is 17.7 Å². The number of terminal acetylenes is 1. The van der Waals surface area contributed by atoms with Crippen LogP contribution in [0.25, 0.3) is 0 Å². The van der Waals surface area contributed by atoms with Crippen LogP contribution < -0.4 is 0 Å². The van der Waals surface area contributed by atoms with Gasteiger partial charge in [0.1, 0.15) is 0 Å². The van der Waals surface area contributed by atoms with Crippen LogP contribution in [-0.2, 0) is 18.9 Å². The third-order valence-electron chi connectivity index (χ3n) is 2.79. The molecule has 0 saturated carbocycles. The minimum Gasteiger partial charge on any atom is -0.228 e. The predicted molar refractivity (Wildman–Crippen MR) is 68.5 cm³/mol. The summed E-state index contributed by atoms with van der Waals surface area (Å²) in [5, 5.41) is 6.81. The molecule has 0 amide bonds. The Morgan fingerprint density at radius 1 is 1.04 bits per heavy atom. The zero-order valence-corrected chi connectivity index (χ0v) is 11.8. The molecule has 0 aliphatic heterocycles. The Morgan fingerprint density at radius 2 is 1.57 bits per heavy atom. The van der Waals surface area contributed by atoms with E-state index in [1.807, 2.05) is 0 Å². The van der Waals surface area contributed by atoms with Crippen LogP contribution in [0.5, 0.6) is 0 Å². The Morgan fingerprint density at radius 3 is 1.96 bits per heavy atom. The topological polar surface area (TPSA) is 30.7 Å². The standard InChI is InChI=1S/C13H6ClF6N3/c1-2-10-11(14)23(22-21-10)6-7-3-8(12(15,16)17)5-9(4-7)13(18,19)20/h1,3-5H,6H2. The molecule has 0 saturated heterocycles. The first kappa shape index (κ1) is 17.1. The maximum atomic E-state index is 12.8. The van der Waals surface area contributed by atoms with E-state index in [1.165, 1.54) is 0 Å². The van der Waals surface area contributed by atoms with Crippen molar-refractivity contribution in [1.29, 1.82) is 0 Å². The van der Waals surface area contributed by atoms with Crippen molar-refractivity contribution in [3.63, 3.8) is 0 Å². The molecule has 10 heteroatoms. The third kappa shape index (κ3) is 3.76. The summed E-state index contributed by atoms with van der Waals surface area (Å²) < 4.78 is 77.5.